The number of carbonyl (C=O) groups is 1. The largest absolute Gasteiger partial charge is 0.396 e. The minimum Gasteiger partial charge on any atom is -0.396 e. The van der Waals surface area contributed by atoms with Crippen LogP contribution in [-0.2, 0) is 4.79 Å². The van der Waals surface area contributed by atoms with E-state index in [-0.39, 0.29) is 12.5 Å². The lowest BCUT2D eigenvalue weighted by Gasteiger charge is -2.31. The number of aliphatic hydroxyl groups excluding tert-OH is 1. The number of hydrogen-bond donors (Lipinski definition) is 1. The summed E-state index contributed by atoms with van der Waals surface area (Å²) in [6.45, 7) is 1.79. The minimum atomic E-state index is 0.152. The second-order valence-corrected chi connectivity index (χ2v) is 3.71. The van der Waals surface area contributed by atoms with Gasteiger partial charge in [-0.05, 0) is 18.8 Å². The predicted octanol–water partition coefficient (Wildman–Crippen LogP) is 0.631. The van der Waals surface area contributed by atoms with Crippen LogP contribution in [-0.4, -0.2) is 35.6 Å². The van der Waals surface area contributed by atoms with Crippen molar-refractivity contribution in [3.63, 3.8) is 0 Å². The molecule has 1 saturated heterocycles. The van der Waals surface area contributed by atoms with Crippen LogP contribution in [0.2, 0.25) is 0 Å². The normalized spacial score (nSPS) is 17.9. The molecule has 0 bridgehead atoms. The van der Waals surface area contributed by atoms with Crippen LogP contribution in [0.25, 0.3) is 0 Å². The molecule has 1 aliphatic rings. The van der Waals surface area contributed by atoms with Crippen molar-refractivity contribution in [1.29, 1.82) is 0 Å². The van der Waals surface area contributed by atoms with E-state index in [0.29, 0.717) is 18.8 Å². The number of aliphatic hydroxyl groups is 1. The molecule has 1 aliphatic heterocycles. The standard InChI is InChI=1S/C11H17NO2/c1-2-3-4-11(14)12-7-5-10(9-13)6-8-12/h1,10,13H,3-9H2. The van der Waals surface area contributed by atoms with Crippen molar-refractivity contribution in [2.24, 2.45) is 5.92 Å². The van der Waals surface area contributed by atoms with Gasteiger partial charge in [0, 0.05) is 32.5 Å². The smallest absolute Gasteiger partial charge is 0.223 e. The first-order chi connectivity index (χ1) is 6.77. The number of amides is 1. The molecule has 0 radical (unpaired) electrons. The summed E-state index contributed by atoms with van der Waals surface area (Å²) in [5.41, 5.74) is 0. The van der Waals surface area contributed by atoms with Crippen LogP contribution in [0, 0.1) is 18.3 Å². The molecule has 0 atom stereocenters. The van der Waals surface area contributed by atoms with Gasteiger partial charge >= 0.3 is 0 Å². The molecule has 3 nitrogen and oxygen atoms in total. The molecule has 1 amide bonds. The van der Waals surface area contributed by atoms with Crippen LogP contribution in [0.4, 0.5) is 0 Å². The molecule has 0 aromatic carbocycles. The molecule has 1 N–H and O–H groups in total. The summed E-state index contributed by atoms with van der Waals surface area (Å²) < 4.78 is 0. The van der Waals surface area contributed by atoms with Gasteiger partial charge in [0.1, 0.15) is 0 Å². The Morgan fingerprint density at radius 3 is 2.64 bits per heavy atom. The maximum atomic E-state index is 11.5. The van der Waals surface area contributed by atoms with Crippen molar-refractivity contribution >= 4 is 5.91 Å². The summed E-state index contributed by atoms with van der Waals surface area (Å²) in [5.74, 6) is 3.00. The van der Waals surface area contributed by atoms with E-state index in [4.69, 9.17) is 11.5 Å². The topological polar surface area (TPSA) is 40.5 Å². The van der Waals surface area contributed by atoms with Gasteiger partial charge in [-0.25, -0.2) is 0 Å². The van der Waals surface area contributed by atoms with Crippen LogP contribution < -0.4 is 0 Å². The highest BCUT2D eigenvalue weighted by atomic mass is 16.3. The molecule has 0 aliphatic carbocycles. The summed E-state index contributed by atoms with van der Waals surface area (Å²) in [6.07, 6.45) is 7.91. The predicted molar refractivity (Wildman–Crippen MR) is 54.5 cm³/mol. The van der Waals surface area contributed by atoms with Gasteiger partial charge in [0.05, 0.1) is 0 Å². The van der Waals surface area contributed by atoms with Crippen molar-refractivity contribution in [1.82, 2.24) is 4.90 Å². The molecular formula is C11H17NO2. The van der Waals surface area contributed by atoms with E-state index in [1.807, 2.05) is 4.90 Å². The van der Waals surface area contributed by atoms with E-state index in [9.17, 15) is 4.79 Å². The zero-order valence-electron chi connectivity index (χ0n) is 8.41. The van der Waals surface area contributed by atoms with E-state index in [1.54, 1.807) is 0 Å². The molecule has 0 aromatic heterocycles. The Bertz CT molecular complexity index is 224. The molecule has 14 heavy (non-hydrogen) atoms. The molecule has 0 saturated carbocycles. The Kier molecular flexibility index (Phi) is 4.48. The molecule has 1 fully saturated rings. The fraction of sp³-hybridized carbons (Fsp3) is 0.727. The van der Waals surface area contributed by atoms with Gasteiger partial charge in [-0.1, -0.05) is 0 Å². The van der Waals surface area contributed by atoms with Crippen LogP contribution in [0.1, 0.15) is 25.7 Å². The van der Waals surface area contributed by atoms with E-state index >= 15 is 0 Å². The Morgan fingerprint density at radius 2 is 2.14 bits per heavy atom. The summed E-state index contributed by atoms with van der Waals surface area (Å²) in [5, 5.41) is 8.93. The lowest BCUT2D eigenvalue weighted by Crippen LogP contribution is -2.39. The van der Waals surface area contributed by atoms with Gasteiger partial charge in [0.15, 0.2) is 0 Å². The Hall–Kier alpha value is -1.01. The van der Waals surface area contributed by atoms with Gasteiger partial charge in [0.25, 0.3) is 0 Å². The highest BCUT2D eigenvalue weighted by molar-refractivity contribution is 5.76. The minimum absolute atomic E-state index is 0.152. The third kappa shape index (κ3) is 3.04. The molecule has 78 valence electrons. The third-order valence-electron chi connectivity index (χ3n) is 2.71. The van der Waals surface area contributed by atoms with Gasteiger partial charge in [-0.2, -0.15) is 0 Å². The lowest BCUT2D eigenvalue weighted by atomic mass is 9.97. The monoisotopic (exact) mass is 195 g/mol. The molecule has 0 spiro atoms. The number of terminal acetylenes is 1. The second kappa shape index (κ2) is 5.66. The van der Waals surface area contributed by atoms with Crippen molar-refractivity contribution in [2.75, 3.05) is 19.7 Å². The molecule has 0 unspecified atom stereocenters. The van der Waals surface area contributed by atoms with Crippen molar-refractivity contribution in [3.8, 4) is 12.3 Å². The van der Waals surface area contributed by atoms with Gasteiger partial charge in [-0.3, -0.25) is 4.79 Å². The highest BCUT2D eigenvalue weighted by Crippen LogP contribution is 2.17. The number of piperidine rings is 1. The fourth-order valence-corrected chi connectivity index (χ4v) is 1.70. The average molecular weight is 195 g/mol. The quantitative estimate of drug-likeness (QED) is 0.671. The molecule has 1 rings (SSSR count). The number of hydrogen-bond acceptors (Lipinski definition) is 2. The fourth-order valence-electron chi connectivity index (χ4n) is 1.70. The number of likely N-dealkylation sites (tertiary alicyclic amines) is 1. The molecule has 0 aromatic rings. The summed E-state index contributed by atoms with van der Waals surface area (Å²) in [6, 6.07) is 0. The highest BCUT2D eigenvalue weighted by Gasteiger charge is 2.21. The number of carbonyl (C=O) groups excluding carboxylic acids is 1. The van der Waals surface area contributed by atoms with Crippen molar-refractivity contribution < 1.29 is 9.90 Å². The van der Waals surface area contributed by atoms with Crippen LogP contribution in [0.5, 0.6) is 0 Å². The Morgan fingerprint density at radius 1 is 1.50 bits per heavy atom. The molecule has 3 heteroatoms. The summed E-state index contributed by atoms with van der Waals surface area (Å²) in [4.78, 5) is 13.4. The zero-order valence-corrected chi connectivity index (χ0v) is 8.41. The Balaban J connectivity index is 2.27. The van der Waals surface area contributed by atoms with E-state index in [2.05, 4.69) is 5.92 Å². The maximum Gasteiger partial charge on any atom is 0.223 e. The molecular weight excluding hydrogens is 178 g/mol. The van der Waals surface area contributed by atoms with Gasteiger partial charge < -0.3 is 10.0 Å². The van der Waals surface area contributed by atoms with E-state index < -0.39 is 0 Å². The number of nitrogens with zero attached hydrogens (tertiary/aromatic N) is 1. The SMILES string of the molecule is C#CCCC(=O)N1CCC(CO)CC1. The van der Waals surface area contributed by atoms with Crippen molar-refractivity contribution in [3.05, 3.63) is 0 Å². The summed E-state index contributed by atoms with van der Waals surface area (Å²) >= 11 is 0. The molecule has 1 heterocycles. The van der Waals surface area contributed by atoms with Gasteiger partial charge in [0.2, 0.25) is 5.91 Å². The maximum absolute atomic E-state index is 11.5. The lowest BCUT2D eigenvalue weighted by molar-refractivity contribution is -0.132. The van der Waals surface area contributed by atoms with Gasteiger partial charge in [-0.15, -0.1) is 12.3 Å². The number of rotatable bonds is 3. The summed E-state index contributed by atoms with van der Waals surface area (Å²) in [7, 11) is 0. The van der Waals surface area contributed by atoms with Crippen LogP contribution >= 0.6 is 0 Å². The van der Waals surface area contributed by atoms with Crippen LogP contribution in [0.15, 0.2) is 0 Å². The Labute approximate surface area is 85.1 Å². The van der Waals surface area contributed by atoms with E-state index in [1.165, 1.54) is 0 Å². The van der Waals surface area contributed by atoms with Crippen molar-refractivity contribution in [2.45, 2.75) is 25.7 Å². The zero-order chi connectivity index (χ0) is 10.4. The first-order valence-corrected chi connectivity index (χ1v) is 5.10. The van der Waals surface area contributed by atoms with Crippen LogP contribution in [0.3, 0.4) is 0 Å². The first kappa shape index (κ1) is 11.1. The first-order valence-electron chi connectivity index (χ1n) is 5.10. The third-order valence-corrected chi connectivity index (χ3v) is 2.71. The van der Waals surface area contributed by atoms with E-state index in [0.717, 1.165) is 25.9 Å². The second-order valence-electron chi connectivity index (χ2n) is 3.71. The average Bonchev–Trinajstić information content (AvgIpc) is 2.26.